The van der Waals surface area contributed by atoms with Gasteiger partial charge >= 0.3 is 5.97 Å². The van der Waals surface area contributed by atoms with Crippen molar-refractivity contribution in [2.24, 2.45) is 4.99 Å². The smallest absolute Gasteiger partial charge is 0.337 e. The fraction of sp³-hybridized carbons (Fsp3) is 0.412. The van der Waals surface area contributed by atoms with E-state index < -0.39 is 0 Å². The van der Waals surface area contributed by atoms with Crippen molar-refractivity contribution in [3.05, 3.63) is 47.3 Å². The van der Waals surface area contributed by atoms with E-state index in [2.05, 4.69) is 27.2 Å². The summed E-state index contributed by atoms with van der Waals surface area (Å²) in [5.41, 5.74) is 2.64. The summed E-state index contributed by atoms with van der Waals surface area (Å²) in [5.74, 6) is 0.450. The minimum Gasteiger partial charge on any atom is -0.465 e. The van der Waals surface area contributed by atoms with Crippen LogP contribution >= 0.6 is 0 Å². The molecule has 1 aromatic rings. The first-order chi connectivity index (χ1) is 11.2. The fourth-order valence-electron chi connectivity index (χ4n) is 2.77. The largest absolute Gasteiger partial charge is 0.465 e. The number of nitrogens with one attached hydrogen (secondary N) is 1. The van der Waals surface area contributed by atoms with Crippen LogP contribution in [0.25, 0.3) is 0 Å². The lowest BCUT2D eigenvalue weighted by Crippen LogP contribution is -2.45. The highest BCUT2D eigenvalue weighted by Crippen LogP contribution is 2.14. The molecule has 0 saturated carbocycles. The summed E-state index contributed by atoms with van der Waals surface area (Å²) in [7, 11) is 3.53. The van der Waals surface area contributed by atoms with E-state index in [1.54, 1.807) is 12.1 Å². The molecule has 0 radical (unpaired) electrons. The molecule has 1 fully saturated rings. The predicted molar refractivity (Wildman–Crippen MR) is 89.5 cm³/mol. The number of rotatable bonds is 3. The predicted octanol–water partition coefficient (Wildman–Crippen LogP) is 0.912. The van der Waals surface area contributed by atoms with Crippen LogP contribution in [0.1, 0.15) is 15.9 Å². The van der Waals surface area contributed by atoms with Gasteiger partial charge in [0.2, 0.25) is 0 Å². The molecule has 1 N–H and O–H groups in total. The Balaban J connectivity index is 1.67. The van der Waals surface area contributed by atoms with Crippen LogP contribution in [0.4, 0.5) is 0 Å². The number of carbonyl (C=O) groups is 1. The van der Waals surface area contributed by atoms with Gasteiger partial charge in [0.05, 0.1) is 24.9 Å². The van der Waals surface area contributed by atoms with Crippen LogP contribution in [0.3, 0.4) is 0 Å². The van der Waals surface area contributed by atoms with Gasteiger partial charge in [0, 0.05) is 37.9 Å². The van der Waals surface area contributed by atoms with Gasteiger partial charge in [-0.15, -0.1) is 0 Å². The summed E-state index contributed by atoms with van der Waals surface area (Å²) in [6, 6.07) is 7.31. The van der Waals surface area contributed by atoms with Gasteiger partial charge in [-0.1, -0.05) is 12.1 Å². The number of piperazine rings is 1. The molecule has 0 spiro atoms. The second-order valence-corrected chi connectivity index (χ2v) is 5.81. The Labute approximate surface area is 136 Å². The maximum absolute atomic E-state index is 11.6. The maximum atomic E-state index is 11.6. The van der Waals surface area contributed by atoms with Gasteiger partial charge < -0.3 is 19.9 Å². The molecule has 0 atom stereocenters. The number of hydrogen-bond donors (Lipinski definition) is 1. The minimum atomic E-state index is -0.336. The first-order valence-electron chi connectivity index (χ1n) is 7.79. The summed E-state index contributed by atoms with van der Waals surface area (Å²) < 4.78 is 4.76. The molecule has 1 aromatic carbocycles. The number of benzene rings is 1. The van der Waals surface area contributed by atoms with Gasteiger partial charge in [0.15, 0.2) is 0 Å². The van der Waals surface area contributed by atoms with Gasteiger partial charge in [-0.05, 0) is 19.2 Å². The molecule has 6 heteroatoms. The normalized spacial score (nSPS) is 18.8. The summed E-state index contributed by atoms with van der Waals surface area (Å²) >= 11 is 0. The van der Waals surface area contributed by atoms with E-state index in [1.807, 2.05) is 18.3 Å². The number of amidine groups is 1. The molecule has 3 rings (SSSR count). The van der Waals surface area contributed by atoms with Crippen LogP contribution < -0.4 is 5.32 Å². The molecule has 1 saturated heterocycles. The van der Waals surface area contributed by atoms with E-state index in [0.717, 1.165) is 37.6 Å². The Morgan fingerprint density at radius 3 is 2.70 bits per heavy atom. The van der Waals surface area contributed by atoms with Crippen molar-refractivity contribution in [1.82, 2.24) is 15.1 Å². The average Bonchev–Trinajstić information content (AvgIpc) is 2.62. The van der Waals surface area contributed by atoms with Gasteiger partial charge in [0.25, 0.3) is 0 Å². The monoisotopic (exact) mass is 314 g/mol. The Morgan fingerprint density at radius 2 is 2.04 bits per heavy atom. The van der Waals surface area contributed by atoms with E-state index in [9.17, 15) is 4.79 Å². The van der Waals surface area contributed by atoms with Crippen LogP contribution in [0.15, 0.2) is 41.2 Å². The van der Waals surface area contributed by atoms with E-state index in [4.69, 9.17) is 4.74 Å². The lowest BCUT2D eigenvalue weighted by molar-refractivity contribution is 0.0600. The van der Waals surface area contributed by atoms with E-state index in [1.165, 1.54) is 12.8 Å². The van der Waals surface area contributed by atoms with Crippen LogP contribution in [-0.2, 0) is 4.74 Å². The number of nitrogens with zero attached hydrogens (tertiary/aromatic N) is 3. The molecular weight excluding hydrogens is 292 g/mol. The highest BCUT2D eigenvalue weighted by molar-refractivity contribution is 6.02. The summed E-state index contributed by atoms with van der Waals surface area (Å²) in [5, 5.41) is 3.26. The Hall–Kier alpha value is -2.34. The summed E-state index contributed by atoms with van der Waals surface area (Å²) in [6.07, 6.45) is 2.03. The molecule has 6 nitrogen and oxygen atoms in total. The summed E-state index contributed by atoms with van der Waals surface area (Å²) in [6.45, 7) is 4.89. The number of carbonyl (C=O) groups excluding carboxylic acids is 1. The second-order valence-electron chi connectivity index (χ2n) is 5.81. The molecular formula is C17H22N4O2. The zero-order valence-electron chi connectivity index (χ0n) is 13.6. The average molecular weight is 314 g/mol. The topological polar surface area (TPSA) is 57.2 Å². The van der Waals surface area contributed by atoms with Crippen molar-refractivity contribution in [2.75, 3.05) is 46.9 Å². The molecule has 0 amide bonds. The SMILES string of the molecule is COC(=O)c1cccc(C2=NCC(N3CCN(C)CC3)=CN2)c1. The van der Waals surface area contributed by atoms with Crippen molar-refractivity contribution in [2.45, 2.75) is 0 Å². The Morgan fingerprint density at radius 1 is 1.26 bits per heavy atom. The number of methoxy groups -OCH3 is 1. The van der Waals surface area contributed by atoms with Crippen LogP contribution in [0.2, 0.25) is 0 Å². The molecule has 0 unspecified atom stereocenters. The van der Waals surface area contributed by atoms with Crippen molar-refractivity contribution in [3.63, 3.8) is 0 Å². The number of esters is 1. The lowest BCUT2D eigenvalue weighted by atomic mass is 10.1. The Kier molecular flexibility index (Phi) is 4.62. The second kappa shape index (κ2) is 6.83. The van der Waals surface area contributed by atoms with E-state index in [0.29, 0.717) is 12.1 Å². The van der Waals surface area contributed by atoms with Crippen molar-refractivity contribution < 1.29 is 9.53 Å². The van der Waals surface area contributed by atoms with Crippen LogP contribution in [-0.4, -0.2) is 68.5 Å². The maximum Gasteiger partial charge on any atom is 0.337 e. The van der Waals surface area contributed by atoms with Crippen LogP contribution in [0, 0.1) is 0 Å². The molecule has 2 aliphatic heterocycles. The molecule has 122 valence electrons. The third-order valence-corrected chi connectivity index (χ3v) is 4.24. The fourth-order valence-corrected chi connectivity index (χ4v) is 2.77. The molecule has 0 aliphatic carbocycles. The highest BCUT2D eigenvalue weighted by Gasteiger charge is 2.19. The first-order valence-corrected chi connectivity index (χ1v) is 7.79. The van der Waals surface area contributed by atoms with Crippen molar-refractivity contribution in [3.8, 4) is 0 Å². The van der Waals surface area contributed by atoms with Gasteiger partial charge in [-0.3, -0.25) is 4.99 Å². The van der Waals surface area contributed by atoms with E-state index in [-0.39, 0.29) is 5.97 Å². The van der Waals surface area contributed by atoms with Crippen molar-refractivity contribution in [1.29, 1.82) is 0 Å². The molecule has 2 heterocycles. The standard InChI is InChI=1S/C17H22N4O2/c1-20-6-8-21(9-7-20)15-11-18-16(19-12-15)13-4-3-5-14(10-13)17(22)23-2/h3-5,10-11H,6-9,12H2,1-2H3,(H,18,19). The first kappa shape index (κ1) is 15.6. The molecule has 23 heavy (non-hydrogen) atoms. The van der Waals surface area contributed by atoms with Gasteiger partial charge in [-0.2, -0.15) is 0 Å². The highest BCUT2D eigenvalue weighted by atomic mass is 16.5. The number of likely N-dealkylation sites (N-methyl/N-ethyl adjacent to an activating group) is 1. The van der Waals surface area contributed by atoms with Crippen molar-refractivity contribution >= 4 is 11.8 Å². The number of aliphatic imine (C=N–C) groups is 1. The third kappa shape index (κ3) is 3.53. The zero-order valence-corrected chi connectivity index (χ0v) is 13.6. The quantitative estimate of drug-likeness (QED) is 0.841. The van der Waals surface area contributed by atoms with Gasteiger partial charge in [0.1, 0.15) is 5.84 Å². The molecule has 0 aromatic heterocycles. The third-order valence-electron chi connectivity index (χ3n) is 4.24. The van der Waals surface area contributed by atoms with Gasteiger partial charge in [-0.25, -0.2) is 4.79 Å². The number of ether oxygens (including phenoxy) is 1. The minimum absolute atomic E-state index is 0.336. The summed E-state index contributed by atoms with van der Waals surface area (Å²) in [4.78, 5) is 21.0. The molecule has 0 bridgehead atoms. The Bertz CT molecular complexity index is 646. The van der Waals surface area contributed by atoms with Crippen LogP contribution in [0.5, 0.6) is 0 Å². The number of hydrogen-bond acceptors (Lipinski definition) is 6. The van der Waals surface area contributed by atoms with E-state index >= 15 is 0 Å². The lowest BCUT2D eigenvalue weighted by Gasteiger charge is -2.36. The molecule has 2 aliphatic rings. The zero-order chi connectivity index (χ0) is 16.2.